The first-order valence-electron chi connectivity index (χ1n) is 4.94. The van der Waals surface area contributed by atoms with Crippen molar-refractivity contribution in [1.82, 2.24) is 9.78 Å². The van der Waals surface area contributed by atoms with Gasteiger partial charge >= 0.3 is 5.97 Å². The average Bonchev–Trinajstić information content (AvgIpc) is 2.43. The molecule has 0 fully saturated rings. The largest absolute Gasteiger partial charge is 0.481 e. The summed E-state index contributed by atoms with van der Waals surface area (Å²) < 4.78 is 1.73. The number of carbonyl (C=O) groups is 1. The van der Waals surface area contributed by atoms with Crippen molar-refractivity contribution < 1.29 is 9.90 Å². The molecule has 76 valence electrons. The van der Waals surface area contributed by atoms with Gasteiger partial charge in [0.05, 0.1) is 17.8 Å². The number of fused-ring (bicyclic) bond motifs is 1. The maximum Gasteiger partial charge on any atom is 0.309 e. The van der Waals surface area contributed by atoms with Crippen molar-refractivity contribution >= 4 is 5.97 Å². The minimum atomic E-state index is -0.777. The Kier molecular flexibility index (Phi) is 2.27. The van der Waals surface area contributed by atoms with Gasteiger partial charge in [0.2, 0.25) is 0 Å². The Morgan fingerprint density at radius 2 is 2.21 bits per heavy atom. The molecule has 1 aliphatic carbocycles. The van der Waals surface area contributed by atoms with Crippen molar-refractivity contribution in [3.63, 3.8) is 0 Å². The lowest BCUT2D eigenvalue weighted by Crippen LogP contribution is -2.09. The van der Waals surface area contributed by atoms with Gasteiger partial charge in [-0.1, -0.05) is 0 Å². The Labute approximate surface area is 82.5 Å². The SMILES string of the molecule is Cn1nc2c(c1CC(=O)O)CCCC2. The number of aromatic nitrogens is 2. The normalized spacial score (nSPS) is 15.2. The van der Waals surface area contributed by atoms with Gasteiger partial charge in [-0.15, -0.1) is 0 Å². The second kappa shape index (κ2) is 3.44. The first kappa shape index (κ1) is 9.24. The number of hydrogen-bond donors (Lipinski definition) is 1. The van der Waals surface area contributed by atoms with Crippen LogP contribution >= 0.6 is 0 Å². The molecular weight excluding hydrogens is 180 g/mol. The second-order valence-corrected chi connectivity index (χ2v) is 3.77. The zero-order valence-electron chi connectivity index (χ0n) is 8.29. The Balaban J connectivity index is 2.37. The second-order valence-electron chi connectivity index (χ2n) is 3.77. The van der Waals surface area contributed by atoms with Crippen LogP contribution in [0.3, 0.4) is 0 Å². The molecule has 0 aliphatic heterocycles. The third kappa shape index (κ3) is 1.52. The molecule has 0 aromatic carbocycles. The molecule has 1 aliphatic rings. The van der Waals surface area contributed by atoms with E-state index in [1.54, 1.807) is 4.68 Å². The first-order chi connectivity index (χ1) is 6.68. The van der Waals surface area contributed by atoms with Crippen LogP contribution in [0.4, 0.5) is 0 Å². The molecule has 14 heavy (non-hydrogen) atoms. The van der Waals surface area contributed by atoms with E-state index in [-0.39, 0.29) is 6.42 Å². The van der Waals surface area contributed by atoms with Crippen LogP contribution < -0.4 is 0 Å². The van der Waals surface area contributed by atoms with E-state index in [2.05, 4.69) is 5.10 Å². The molecule has 4 nitrogen and oxygen atoms in total. The molecule has 1 N–H and O–H groups in total. The van der Waals surface area contributed by atoms with Crippen LogP contribution in [0.5, 0.6) is 0 Å². The first-order valence-corrected chi connectivity index (χ1v) is 4.94. The van der Waals surface area contributed by atoms with Crippen LogP contribution in [-0.2, 0) is 31.1 Å². The van der Waals surface area contributed by atoms with Crippen LogP contribution in [0.2, 0.25) is 0 Å². The van der Waals surface area contributed by atoms with Gasteiger partial charge in [0.1, 0.15) is 0 Å². The van der Waals surface area contributed by atoms with E-state index in [1.165, 1.54) is 12.0 Å². The minimum absolute atomic E-state index is 0.0961. The van der Waals surface area contributed by atoms with Crippen molar-refractivity contribution in [2.24, 2.45) is 7.05 Å². The molecule has 4 heteroatoms. The Bertz CT molecular complexity index is 368. The van der Waals surface area contributed by atoms with E-state index in [1.807, 2.05) is 7.05 Å². The average molecular weight is 194 g/mol. The maximum atomic E-state index is 10.7. The fraction of sp³-hybridized carbons (Fsp3) is 0.600. The molecule has 1 aromatic heterocycles. The fourth-order valence-electron chi connectivity index (χ4n) is 2.11. The third-order valence-corrected chi connectivity index (χ3v) is 2.77. The molecule has 1 aromatic rings. The van der Waals surface area contributed by atoms with Crippen molar-refractivity contribution in [2.75, 3.05) is 0 Å². The van der Waals surface area contributed by atoms with Gasteiger partial charge in [-0.05, 0) is 31.2 Å². The van der Waals surface area contributed by atoms with Crippen LogP contribution in [0.1, 0.15) is 29.8 Å². The number of aliphatic carboxylic acids is 1. The quantitative estimate of drug-likeness (QED) is 0.761. The highest BCUT2D eigenvalue weighted by Crippen LogP contribution is 2.23. The van der Waals surface area contributed by atoms with Crippen molar-refractivity contribution in [3.8, 4) is 0 Å². The summed E-state index contributed by atoms with van der Waals surface area (Å²) in [6.45, 7) is 0. The van der Waals surface area contributed by atoms with Crippen LogP contribution in [0.15, 0.2) is 0 Å². The van der Waals surface area contributed by atoms with Gasteiger partial charge in [-0.25, -0.2) is 0 Å². The van der Waals surface area contributed by atoms with E-state index >= 15 is 0 Å². The zero-order valence-corrected chi connectivity index (χ0v) is 8.29. The summed E-state index contributed by atoms with van der Waals surface area (Å²) in [4.78, 5) is 10.7. The summed E-state index contributed by atoms with van der Waals surface area (Å²) in [5.41, 5.74) is 3.17. The Hall–Kier alpha value is -1.32. The van der Waals surface area contributed by atoms with E-state index < -0.39 is 5.97 Å². The van der Waals surface area contributed by atoms with E-state index in [9.17, 15) is 4.79 Å². The number of carboxylic acids is 1. The number of carboxylic acid groups (broad SMARTS) is 1. The summed E-state index contributed by atoms with van der Waals surface area (Å²) in [5.74, 6) is -0.777. The topological polar surface area (TPSA) is 55.1 Å². The summed E-state index contributed by atoms with van der Waals surface area (Å²) in [6.07, 6.45) is 4.43. The smallest absolute Gasteiger partial charge is 0.309 e. The monoisotopic (exact) mass is 194 g/mol. The van der Waals surface area contributed by atoms with Crippen LogP contribution in [-0.4, -0.2) is 20.9 Å². The molecule has 0 radical (unpaired) electrons. The molecule has 1 heterocycles. The summed E-state index contributed by atoms with van der Waals surface area (Å²) in [7, 11) is 1.83. The lowest BCUT2D eigenvalue weighted by molar-refractivity contribution is -0.136. The summed E-state index contributed by atoms with van der Waals surface area (Å²) >= 11 is 0. The van der Waals surface area contributed by atoms with E-state index in [4.69, 9.17) is 5.11 Å². The van der Waals surface area contributed by atoms with Gasteiger partial charge < -0.3 is 5.11 Å². The number of nitrogens with zero attached hydrogens (tertiary/aromatic N) is 2. The van der Waals surface area contributed by atoms with E-state index in [0.717, 1.165) is 30.7 Å². The third-order valence-electron chi connectivity index (χ3n) is 2.77. The maximum absolute atomic E-state index is 10.7. The lowest BCUT2D eigenvalue weighted by Gasteiger charge is -2.10. The molecule has 0 saturated heterocycles. The predicted molar refractivity (Wildman–Crippen MR) is 51.2 cm³/mol. The summed E-state index contributed by atoms with van der Waals surface area (Å²) in [6, 6.07) is 0. The Morgan fingerprint density at radius 1 is 1.50 bits per heavy atom. The van der Waals surface area contributed by atoms with Gasteiger partial charge in [0.15, 0.2) is 0 Å². The van der Waals surface area contributed by atoms with Gasteiger partial charge in [-0.2, -0.15) is 5.10 Å². The summed E-state index contributed by atoms with van der Waals surface area (Å²) in [5, 5.41) is 13.1. The van der Waals surface area contributed by atoms with E-state index in [0.29, 0.717) is 0 Å². The number of hydrogen-bond acceptors (Lipinski definition) is 2. The highest BCUT2D eigenvalue weighted by Gasteiger charge is 2.20. The van der Waals surface area contributed by atoms with Crippen molar-refractivity contribution in [2.45, 2.75) is 32.1 Å². The molecule has 0 bridgehead atoms. The lowest BCUT2D eigenvalue weighted by atomic mass is 9.95. The Morgan fingerprint density at radius 3 is 2.93 bits per heavy atom. The fourth-order valence-corrected chi connectivity index (χ4v) is 2.11. The molecule has 2 rings (SSSR count). The molecule has 0 saturated carbocycles. The van der Waals surface area contributed by atoms with Crippen LogP contribution in [0, 0.1) is 0 Å². The highest BCUT2D eigenvalue weighted by atomic mass is 16.4. The highest BCUT2D eigenvalue weighted by molar-refractivity contribution is 5.70. The molecule has 0 unspecified atom stereocenters. The van der Waals surface area contributed by atoms with Gasteiger partial charge in [0.25, 0.3) is 0 Å². The zero-order chi connectivity index (χ0) is 10.1. The molecule has 0 spiro atoms. The predicted octanol–water partition coefficient (Wildman–Crippen LogP) is 0.926. The van der Waals surface area contributed by atoms with Gasteiger partial charge in [0, 0.05) is 7.05 Å². The number of aryl methyl sites for hydroxylation is 2. The van der Waals surface area contributed by atoms with Gasteiger partial charge in [-0.3, -0.25) is 9.48 Å². The minimum Gasteiger partial charge on any atom is -0.481 e. The number of rotatable bonds is 2. The van der Waals surface area contributed by atoms with Crippen molar-refractivity contribution in [3.05, 3.63) is 17.0 Å². The molecular formula is C10H14N2O2. The molecule has 0 amide bonds. The van der Waals surface area contributed by atoms with Crippen molar-refractivity contribution in [1.29, 1.82) is 0 Å². The molecule has 0 atom stereocenters. The standard InChI is InChI=1S/C10H14N2O2/c1-12-9(6-10(13)14)7-4-2-3-5-8(7)11-12/h2-6H2,1H3,(H,13,14). The van der Waals surface area contributed by atoms with Crippen LogP contribution in [0.25, 0.3) is 0 Å².